The summed E-state index contributed by atoms with van der Waals surface area (Å²) in [4.78, 5) is 31.2. The Hall–Kier alpha value is -3.59. The van der Waals surface area contributed by atoms with Gasteiger partial charge in [0.05, 0.1) is 30.6 Å². The fourth-order valence-corrected chi connectivity index (χ4v) is 7.07. The van der Waals surface area contributed by atoms with Crippen molar-refractivity contribution in [1.82, 2.24) is 15.2 Å². The normalized spacial score (nSPS) is 14.8. The van der Waals surface area contributed by atoms with E-state index in [1.165, 1.54) is 41.5 Å². The van der Waals surface area contributed by atoms with E-state index in [0.717, 1.165) is 0 Å². The fourth-order valence-electron chi connectivity index (χ4n) is 5.13. The Morgan fingerprint density at radius 3 is 1.93 bits per heavy atom. The smallest absolute Gasteiger partial charge is 0.426 e. The molecule has 0 aliphatic rings. The summed E-state index contributed by atoms with van der Waals surface area (Å²) >= 11 is 2.75. The first-order valence-electron chi connectivity index (χ1n) is 18.7. The number of carbonyl (C=O) groups excluding carboxylic acids is 2. The molecule has 0 fully saturated rings. The number of hydrogen-bond donors (Lipinski definition) is 0. The van der Waals surface area contributed by atoms with E-state index in [1.807, 2.05) is 6.92 Å². The summed E-state index contributed by atoms with van der Waals surface area (Å²) in [7, 11) is -2.16. The van der Waals surface area contributed by atoms with E-state index in [4.69, 9.17) is 27.8 Å². The van der Waals surface area contributed by atoms with Crippen molar-refractivity contribution in [3.05, 3.63) is 58.0 Å². The highest BCUT2D eigenvalue weighted by atomic mass is 79.9. The molecule has 0 radical (unpaired) electrons. The van der Waals surface area contributed by atoms with Gasteiger partial charge in [0, 0.05) is 6.61 Å². The zero-order valence-corrected chi connectivity index (χ0v) is 37.9. The summed E-state index contributed by atoms with van der Waals surface area (Å²) in [6.45, 7) is 20.2. The Morgan fingerprint density at radius 1 is 0.881 bits per heavy atom. The standard InChI is InChI=1S/C39H53BrF6N4O8Si/c1-24(58-59(11,12)36(8,9)10)22-53-20-16-19-37(39(44,45)46,54-23-25-17-14-13-15-18-25)31-49-48-30(55-31)28-27(21-26(29(40)47-28)38(41,42)43)50(32(51)56-34(2,3)4)33(52)57-35(5,6)7/h13-15,17-18,21,24H,16,19-20,22-23H2,1-12H3/t24-,37+/m0/s1. The third kappa shape index (κ3) is 13.4. The first kappa shape index (κ1) is 49.8. The highest BCUT2D eigenvalue weighted by Gasteiger charge is 2.61. The number of rotatable bonds is 14. The van der Waals surface area contributed by atoms with Crippen LogP contribution in [0, 0.1) is 0 Å². The second kappa shape index (κ2) is 18.6. The number of anilines is 1. The lowest BCUT2D eigenvalue weighted by atomic mass is 9.96. The molecule has 3 aromatic rings. The van der Waals surface area contributed by atoms with Crippen LogP contribution in [0.4, 0.5) is 41.6 Å². The lowest BCUT2D eigenvalue weighted by Gasteiger charge is -2.38. The molecule has 0 bridgehead atoms. The van der Waals surface area contributed by atoms with Crippen LogP contribution in [-0.2, 0) is 41.8 Å². The maximum absolute atomic E-state index is 15.5. The highest BCUT2D eigenvalue weighted by molar-refractivity contribution is 9.10. The van der Waals surface area contributed by atoms with Crippen LogP contribution in [0.3, 0.4) is 0 Å². The summed E-state index contributed by atoms with van der Waals surface area (Å²) in [6, 6.07) is 8.34. The minimum atomic E-state index is -5.22. The number of benzene rings is 1. The van der Waals surface area contributed by atoms with Crippen LogP contribution in [0.15, 0.2) is 45.4 Å². The first-order valence-corrected chi connectivity index (χ1v) is 22.4. The van der Waals surface area contributed by atoms with Crippen molar-refractivity contribution in [3.63, 3.8) is 0 Å². The number of halogens is 7. The van der Waals surface area contributed by atoms with Crippen molar-refractivity contribution in [3.8, 4) is 11.6 Å². The van der Waals surface area contributed by atoms with Crippen molar-refractivity contribution in [2.75, 3.05) is 18.1 Å². The van der Waals surface area contributed by atoms with E-state index in [1.54, 1.807) is 30.3 Å². The van der Waals surface area contributed by atoms with Crippen molar-refractivity contribution >= 4 is 42.1 Å². The van der Waals surface area contributed by atoms with Gasteiger partial charge in [0.25, 0.3) is 11.8 Å². The molecule has 0 N–H and O–H groups in total. The molecule has 2 aromatic heterocycles. The van der Waals surface area contributed by atoms with E-state index < -0.39 is 96.0 Å². The van der Waals surface area contributed by atoms with Crippen LogP contribution in [0.5, 0.6) is 0 Å². The third-order valence-corrected chi connectivity index (χ3v) is 14.1. The number of aromatic nitrogens is 3. The lowest BCUT2D eigenvalue weighted by molar-refractivity contribution is -0.300. The van der Waals surface area contributed by atoms with Gasteiger partial charge in [-0.3, -0.25) is 0 Å². The topological polar surface area (TPSA) is 135 Å². The van der Waals surface area contributed by atoms with Gasteiger partial charge in [-0.25, -0.2) is 14.6 Å². The van der Waals surface area contributed by atoms with Crippen LogP contribution in [0.25, 0.3) is 11.6 Å². The van der Waals surface area contributed by atoms with Gasteiger partial charge >= 0.3 is 24.5 Å². The van der Waals surface area contributed by atoms with Gasteiger partial charge in [0.1, 0.15) is 15.8 Å². The van der Waals surface area contributed by atoms with Gasteiger partial charge in [-0.1, -0.05) is 51.1 Å². The number of imide groups is 1. The molecular formula is C39H53BrF6N4O8Si. The Morgan fingerprint density at radius 2 is 1.44 bits per heavy atom. The Kier molecular flexibility index (Phi) is 15.7. The predicted octanol–water partition coefficient (Wildman–Crippen LogP) is 11.8. The number of ether oxygens (including phenoxy) is 4. The molecule has 59 heavy (non-hydrogen) atoms. The molecule has 0 spiro atoms. The van der Waals surface area contributed by atoms with E-state index >= 15 is 13.2 Å². The molecule has 3 rings (SSSR count). The second-order valence-corrected chi connectivity index (χ2v) is 22.9. The number of hydrogen-bond acceptors (Lipinski definition) is 11. The van der Waals surface area contributed by atoms with E-state index in [0.29, 0.717) is 11.6 Å². The summed E-state index contributed by atoms with van der Waals surface area (Å²) in [5.41, 5.74) is -8.69. The number of carbonyl (C=O) groups is 2. The number of pyridine rings is 1. The van der Waals surface area contributed by atoms with Crippen LogP contribution >= 0.6 is 15.9 Å². The molecule has 2 heterocycles. The van der Waals surface area contributed by atoms with Crippen molar-refractivity contribution < 1.29 is 63.7 Å². The van der Waals surface area contributed by atoms with Gasteiger partial charge in [0.15, 0.2) is 14.0 Å². The molecule has 0 aliphatic carbocycles. The summed E-state index contributed by atoms with van der Waals surface area (Å²) in [5.74, 6) is -2.03. The SMILES string of the molecule is C[C@@H](COCCC[C@@](OCc1ccccc1)(c1nnc(-c2nc(Br)c(C(F)(F)F)cc2N(C(=O)OC(C)(C)C)C(=O)OC(C)(C)C)o1)C(F)(F)F)O[Si](C)(C)C(C)(C)C. The molecule has 0 unspecified atom stereocenters. The van der Waals surface area contributed by atoms with E-state index in [-0.39, 0.29) is 35.7 Å². The maximum atomic E-state index is 15.5. The molecule has 20 heteroatoms. The predicted molar refractivity (Wildman–Crippen MR) is 212 cm³/mol. The average molecular weight is 928 g/mol. The number of amides is 2. The monoisotopic (exact) mass is 926 g/mol. The zero-order valence-electron chi connectivity index (χ0n) is 35.3. The van der Waals surface area contributed by atoms with Crippen LogP contribution in [0.1, 0.15) is 99.1 Å². The molecule has 2 atom stereocenters. The quantitative estimate of drug-likeness (QED) is 0.0661. The van der Waals surface area contributed by atoms with E-state index in [9.17, 15) is 22.8 Å². The Balaban J connectivity index is 2.17. The van der Waals surface area contributed by atoms with Crippen molar-refractivity contribution in [2.45, 2.75) is 142 Å². The van der Waals surface area contributed by atoms with Crippen molar-refractivity contribution in [2.24, 2.45) is 0 Å². The fraction of sp³-hybridized carbons (Fsp3) is 0.615. The number of alkyl halides is 6. The zero-order chi connectivity index (χ0) is 45.0. The molecule has 1 aromatic carbocycles. The second-order valence-electron chi connectivity index (χ2n) is 17.4. The van der Waals surface area contributed by atoms with Gasteiger partial charge < -0.3 is 27.8 Å². The molecule has 2 amide bonds. The molecular weight excluding hydrogens is 874 g/mol. The molecule has 330 valence electrons. The van der Waals surface area contributed by atoms with Gasteiger partial charge in [-0.15, -0.1) is 10.2 Å². The molecule has 12 nitrogen and oxygen atoms in total. The minimum absolute atomic E-state index is 0.0803. The average Bonchev–Trinajstić information content (AvgIpc) is 3.54. The molecule has 0 aliphatic heterocycles. The first-order chi connectivity index (χ1) is 26.8. The summed E-state index contributed by atoms with van der Waals surface area (Å²) < 4.78 is 123. The van der Waals surface area contributed by atoms with Crippen molar-refractivity contribution in [1.29, 1.82) is 0 Å². The van der Waals surface area contributed by atoms with Crippen LogP contribution < -0.4 is 4.90 Å². The number of nitrogens with zero attached hydrogens (tertiary/aromatic N) is 4. The summed E-state index contributed by atoms with van der Waals surface area (Å²) in [5, 5.41) is 7.37. The van der Waals surface area contributed by atoms with Crippen LogP contribution in [-0.4, -0.2) is 72.4 Å². The maximum Gasteiger partial charge on any atom is 0.426 e. The third-order valence-electron chi connectivity index (χ3n) is 8.89. The summed E-state index contributed by atoms with van der Waals surface area (Å²) in [6.07, 6.45) is -14.7. The van der Waals surface area contributed by atoms with Gasteiger partial charge in [-0.05, 0) is 107 Å². The van der Waals surface area contributed by atoms with Gasteiger partial charge in [-0.2, -0.15) is 31.2 Å². The molecule has 0 saturated heterocycles. The largest absolute Gasteiger partial charge is 0.443 e. The van der Waals surface area contributed by atoms with E-state index in [2.05, 4.69) is 65.0 Å². The van der Waals surface area contributed by atoms with Crippen LogP contribution in [0.2, 0.25) is 18.1 Å². The molecule has 0 saturated carbocycles. The minimum Gasteiger partial charge on any atom is -0.443 e. The van der Waals surface area contributed by atoms with Gasteiger partial charge in [0.2, 0.25) is 5.60 Å². The Bertz CT molecular complexity index is 1870. The lowest BCUT2D eigenvalue weighted by Crippen LogP contribution is -2.45. The Labute approximate surface area is 349 Å². The highest BCUT2D eigenvalue weighted by Crippen LogP contribution is 2.48.